The lowest BCUT2D eigenvalue weighted by atomic mass is 10.2. The van der Waals surface area contributed by atoms with Crippen LogP contribution in [0.2, 0.25) is 0 Å². The highest BCUT2D eigenvalue weighted by Crippen LogP contribution is 2.37. The number of Topliss-reactive ketones (excluding diaryl/α,β-unsaturated/α-hetero) is 1. The van der Waals surface area contributed by atoms with E-state index in [0.29, 0.717) is 9.93 Å². The highest BCUT2D eigenvalue weighted by molar-refractivity contribution is 8.04. The summed E-state index contributed by atoms with van der Waals surface area (Å²) in [7, 11) is 0. The van der Waals surface area contributed by atoms with E-state index in [0.717, 1.165) is 15.8 Å². The van der Waals surface area contributed by atoms with Gasteiger partial charge >= 0.3 is 0 Å². The van der Waals surface area contributed by atoms with E-state index in [1.54, 1.807) is 11.3 Å². The molecule has 0 aliphatic heterocycles. The van der Waals surface area contributed by atoms with Gasteiger partial charge in [-0.15, -0.1) is 11.3 Å². The summed E-state index contributed by atoms with van der Waals surface area (Å²) in [4.78, 5) is 22.5. The van der Waals surface area contributed by atoms with Crippen molar-refractivity contribution in [3.63, 3.8) is 0 Å². The zero-order valence-corrected chi connectivity index (χ0v) is 12.8. The molecule has 2 rings (SSSR count). The Morgan fingerprint density at radius 2 is 2.00 bits per heavy atom. The lowest BCUT2D eigenvalue weighted by Crippen LogP contribution is -1.97. The maximum absolute atomic E-state index is 11.5. The molecule has 0 atom stereocenters. The zero-order chi connectivity index (χ0) is 14.2. The number of hydrogen-bond donors (Lipinski definition) is 1. The van der Waals surface area contributed by atoms with Crippen molar-refractivity contribution in [1.29, 1.82) is 0 Å². The van der Waals surface area contributed by atoms with Gasteiger partial charge < -0.3 is 5.11 Å². The van der Waals surface area contributed by atoms with E-state index in [-0.39, 0.29) is 11.5 Å². The van der Waals surface area contributed by atoms with Crippen LogP contribution < -0.4 is 0 Å². The fourth-order valence-corrected chi connectivity index (χ4v) is 3.72. The number of nitrogens with zero attached hydrogens (tertiary/aromatic N) is 2. The van der Waals surface area contributed by atoms with E-state index in [1.807, 2.05) is 13.8 Å². The van der Waals surface area contributed by atoms with Crippen LogP contribution in [0.15, 0.2) is 22.0 Å². The van der Waals surface area contributed by atoms with Crippen molar-refractivity contribution in [1.82, 2.24) is 9.97 Å². The second kappa shape index (κ2) is 5.30. The van der Waals surface area contributed by atoms with Crippen LogP contribution in [0.4, 0.5) is 0 Å². The van der Waals surface area contributed by atoms with Crippen LogP contribution in [0.5, 0.6) is 0 Å². The Kier molecular flexibility index (Phi) is 3.91. The summed E-state index contributed by atoms with van der Waals surface area (Å²) in [6, 6.07) is 0. The van der Waals surface area contributed by atoms with E-state index in [2.05, 4.69) is 9.97 Å². The fraction of sp³-hybridized carbons (Fsp3) is 0.308. The van der Waals surface area contributed by atoms with Gasteiger partial charge in [0.05, 0.1) is 4.91 Å². The first kappa shape index (κ1) is 14.0. The molecule has 0 fully saturated rings. The second-order valence-electron chi connectivity index (χ2n) is 4.22. The summed E-state index contributed by atoms with van der Waals surface area (Å²) in [6.45, 7) is 7.00. The first-order chi connectivity index (χ1) is 8.91. The molecule has 0 aromatic carbocycles. The van der Waals surface area contributed by atoms with Crippen LogP contribution in [-0.2, 0) is 4.79 Å². The van der Waals surface area contributed by atoms with Crippen molar-refractivity contribution in [2.45, 2.75) is 32.7 Å². The molecule has 2 heterocycles. The Morgan fingerprint density at radius 1 is 1.32 bits per heavy atom. The molecular weight excluding hydrogens is 280 g/mol. The molecule has 0 unspecified atom stereocenters. The number of ketones is 1. The Balaban J connectivity index is 2.58. The average molecular weight is 294 g/mol. The van der Waals surface area contributed by atoms with Crippen LogP contribution in [0.25, 0.3) is 10.2 Å². The van der Waals surface area contributed by atoms with Gasteiger partial charge in [-0.3, -0.25) is 4.79 Å². The summed E-state index contributed by atoms with van der Waals surface area (Å²) >= 11 is 2.81. The maximum atomic E-state index is 11.5. The number of fused-ring (bicyclic) bond motifs is 1. The van der Waals surface area contributed by atoms with E-state index in [9.17, 15) is 9.90 Å². The molecule has 6 heteroatoms. The summed E-state index contributed by atoms with van der Waals surface area (Å²) in [5.74, 6) is -0.143. The number of thioether (sulfide) groups is 1. The molecule has 0 aliphatic carbocycles. The molecule has 0 spiro atoms. The summed E-state index contributed by atoms with van der Waals surface area (Å²) < 4.78 is 0. The molecule has 19 heavy (non-hydrogen) atoms. The third-order valence-electron chi connectivity index (χ3n) is 2.78. The minimum atomic E-state index is -0.165. The van der Waals surface area contributed by atoms with Gasteiger partial charge in [-0.05, 0) is 33.3 Å². The highest BCUT2D eigenvalue weighted by atomic mass is 32.2. The van der Waals surface area contributed by atoms with Crippen LogP contribution in [0.1, 0.15) is 24.3 Å². The first-order valence-corrected chi connectivity index (χ1v) is 7.34. The number of hydrogen-bond acceptors (Lipinski definition) is 6. The van der Waals surface area contributed by atoms with Gasteiger partial charge in [0.2, 0.25) is 0 Å². The number of aromatic nitrogens is 2. The Labute approximate surface area is 119 Å². The molecule has 100 valence electrons. The predicted molar refractivity (Wildman–Crippen MR) is 78.8 cm³/mol. The Hall–Kier alpha value is -1.40. The lowest BCUT2D eigenvalue weighted by molar-refractivity contribution is -0.113. The number of allylic oxidation sites excluding steroid dienone is 2. The van der Waals surface area contributed by atoms with Crippen LogP contribution in [0, 0.1) is 13.8 Å². The summed E-state index contributed by atoms with van der Waals surface area (Å²) in [6.07, 6.45) is 1.49. The Morgan fingerprint density at radius 3 is 2.58 bits per heavy atom. The molecule has 1 N–H and O–H groups in total. The fourth-order valence-electron chi connectivity index (χ4n) is 1.72. The van der Waals surface area contributed by atoms with Crippen LogP contribution in [0.3, 0.4) is 0 Å². The van der Waals surface area contributed by atoms with Gasteiger partial charge in [0.1, 0.15) is 21.9 Å². The average Bonchev–Trinajstić information content (AvgIpc) is 2.62. The third-order valence-corrected chi connectivity index (χ3v) is 5.18. The van der Waals surface area contributed by atoms with Crippen molar-refractivity contribution in [2.75, 3.05) is 0 Å². The molecular formula is C13H14N2O2S2. The number of rotatable bonds is 3. The van der Waals surface area contributed by atoms with Crippen molar-refractivity contribution in [3.05, 3.63) is 27.4 Å². The van der Waals surface area contributed by atoms with E-state index in [4.69, 9.17) is 0 Å². The number of thiophene rings is 1. The minimum absolute atomic E-state index is 0.0221. The molecule has 0 saturated heterocycles. The monoisotopic (exact) mass is 294 g/mol. The summed E-state index contributed by atoms with van der Waals surface area (Å²) in [5.41, 5.74) is 1.13. The largest absolute Gasteiger partial charge is 0.511 e. The molecule has 4 nitrogen and oxygen atoms in total. The highest BCUT2D eigenvalue weighted by Gasteiger charge is 2.17. The van der Waals surface area contributed by atoms with E-state index in [1.165, 1.54) is 36.8 Å². The quantitative estimate of drug-likeness (QED) is 0.404. The van der Waals surface area contributed by atoms with Crippen LogP contribution >= 0.6 is 23.1 Å². The topological polar surface area (TPSA) is 63.1 Å². The SMILES string of the molecule is CC(=O)/C(Sc1ncnc2sc(C)c(C)c12)=C(\C)O. The molecule has 0 radical (unpaired) electrons. The van der Waals surface area contributed by atoms with Gasteiger partial charge in [-0.1, -0.05) is 11.8 Å². The number of aliphatic hydroxyl groups excluding tert-OH is 1. The van der Waals surface area contributed by atoms with Gasteiger partial charge in [-0.2, -0.15) is 0 Å². The van der Waals surface area contributed by atoms with Crippen molar-refractivity contribution in [3.8, 4) is 0 Å². The third kappa shape index (κ3) is 2.64. The standard InChI is InChI=1S/C13H14N2O2S2/c1-6-9(4)18-12-10(6)13(15-5-14-12)19-11(7(2)16)8(3)17/h5,16H,1-4H3/b11-7-. The molecule has 0 saturated carbocycles. The number of aryl methyl sites for hydroxylation is 2. The number of carbonyl (C=O) groups excluding carboxylic acids is 1. The van der Waals surface area contributed by atoms with Gasteiger partial charge in [0, 0.05) is 10.3 Å². The van der Waals surface area contributed by atoms with Gasteiger partial charge in [0.25, 0.3) is 0 Å². The second-order valence-corrected chi connectivity index (χ2v) is 6.42. The minimum Gasteiger partial charge on any atom is -0.511 e. The lowest BCUT2D eigenvalue weighted by Gasteiger charge is -2.05. The van der Waals surface area contributed by atoms with E-state index < -0.39 is 0 Å². The molecule has 2 aromatic heterocycles. The molecule has 0 amide bonds. The van der Waals surface area contributed by atoms with Crippen molar-refractivity contribution >= 4 is 39.1 Å². The first-order valence-electron chi connectivity index (χ1n) is 5.71. The number of aliphatic hydroxyl groups is 1. The van der Waals surface area contributed by atoms with Crippen molar-refractivity contribution in [2.24, 2.45) is 0 Å². The van der Waals surface area contributed by atoms with E-state index >= 15 is 0 Å². The Bertz CT molecular complexity index is 685. The predicted octanol–water partition coefficient (Wildman–Crippen LogP) is 3.78. The van der Waals surface area contributed by atoms with Gasteiger partial charge in [-0.25, -0.2) is 9.97 Å². The summed E-state index contributed by atoms with van der Waals surface area (Å²) in [5, 5.41) is 11.3. The van der Waals surface area contributed by atoms with Crippen LogP contribution in [-0.4, -0.2) is 20.9 Å². The number of carbonyl (C=O) groups is 1. The van der Waals surface area contributed by atoms with Crippen molar-refractivity contribution < 1.29 is 9.90 Å². The smallest absolute Gasteiger partial charge is 0.169 e. The maximum Gasteiger partial charge on any atom is 0.169 e. The van der Waals surface area contributed by atoms with Gasteiger partial charge in [0.15, 0.2) is 5.78 Å². The zero-order valence-electron chi connectivity index (χ0n) is 11.1. The molecule has 0 aliphatic rings. The normalized spacial score (nSPS) is 12.6. The molecule has 0 bridgehead atoms. The molecule has 2 aromatic rings.